The van der Waals surface area contributed by atoms with Crippen LogP contribution in [0.3, 0.4) is 0 Å². The van der Waals surface area contributed by atoms with Gasteiger partial charge in [0.1, 0.15) is 0 Å². The molecule has 16 heavy (non-hydrogen) atoms. The SMILES string of the molecule is COc1cccc(Br)c1OCC1(CS)CC1. The number of thiol groups is 1. The fourth-order valence-corrected chi connectivity index (χ4v) is 2.41. The molecule has 1 aliphatic rings. The normalized spacial score (nSPS) is 16.9. The van der Waals surface area contributed by atoms with Gasteiger partial charge in [0.05, 0.1) is 18.2 Å². The average Bonchev–Trinajstić information content (AvgIpc) is 3.08. The minimum absolute atomic E-state index is 0.295. The predicted octanol–water partition coefficient (Wildman–Crippen LogP) is 3.55. The first-order chi connectivity index (χ1) is 7.71. The summed E-state index contributed by atoms with van der Waals surface area (Å²) in [5.74, 6) is 2.45. The lowest BCUT2D eigenvalue weighted by Crippen LogP contribution is -2.15. The molecule has 0 atom stereocenters. The number of rotatable bonds is 5. The van der Waals surface area contributed by atoms with Gasteiger partial charge in [-0.05, 0) is 46.7 Å². The Bertz CT molecular complexity index is 377. The topological polar surface area (TPSA) is 18.5 Å². The van der Waals surface area contributed by atoms with Crippen molar-refractivity contribution in [3.05, 3.63) is 22.7 Å². The molecule has 1 aliphatic carbocycles. The monoisotopic (exact) mass is 302 g/mol. The third-order valence-electron chi connectivity index (χ3n) is 2.97. The van der Waals surface area contributed by atoms with Crippen molar-refractivity contribution in [3.63, 3.8) is 0 Å². The number of hydrogen-bond donors (Lipinski definition) is 1. The second-order valence-corrected chi connectivity index (χ2v) is 5.39. The zero-order valence-corrected chi connectivity index (χ0v) is 11.7. The minimum Gasteiger partial charge on any atom is -0.493 e. The Kier molecular flexibility index (Phi) is 3.70. The second-order valence-electron chi connectivity index (χ2n) is 4.22. The summed E-state index contributed by atoms with van der Waals surface area (Å²) in [6.07, 6.45) is 2.42. The van der Waals surface area contributed by atoms with E-state index in [4.69, 9.17) is 9.47 Å². The smallest absolute Gasteiger partial charge is 0.175 e. The minimum atomic E-state index is 0.295. The lowest BCUT2D eigenvalue weighted by atomic mass is 10.2. The predicted molar refractivity (Wildman–Crippen MR) is 71.7 cm³/mol. The Morgan fingerprint density at radius 2 is 2.19 bits per heavy atom. The standard InChI is InChI=1S/C12H15BrO2S/c1-14-10-4-2-3-9(13)11(10)15-7-12(8-16)5-6-12/h2-4,16H,5-8H2,1H3. The third-order valence-corrected chi connectivity index (χ3v) is 4.26. The van der Waals surface area contributed by atoms with Crippen LogP contribution in [-0.4, -0.2) is 19.5 Å². The number of hydrogen-bond acceptors (Lipinski definition) is 3. The van der Waals surface area contributed by atoms with E-state index in [0.717, 1.165) is 28.3 Å². The Balaban J connectivity index is 2.08. The van der Waals surface area contributed by atoms with E-state index in [1.165, 1.54) is 12.8 Å². The van der Waals surface area contributed by atoms with Gasteiger partial charge in [0, 0.05) is 5.41 Å². The van der Waals surface area contributed by atoms with Crippen LogP contribution in [0.25, 0.3) is 0 Å². The van der Waals surface area contributed by atoms with Crippen molar-refractivity contribution in [3.8, 4) is 11.5 Å². The highest BCUT2D eigenvalue weighted by Gasteiger charge is 2.42. The molecule has 0 bridgehead atoms. The van der Waals surface area contributed by atoms with Gasteiger partial charge in [-0.15, -0.1) is 0 Å². The van der Waals surface area contributed by atoms with E-state index >= 15 is 0 Å². The summed E-state index contributed by atoms with van der Waals surface area (Å²) in [5.41, 5.74) is 0.295. The molecule has 2 rings (SSSR count). The first kappa shape index (κ1) is 12.1. The maximum atomic E-state index is 5.86. The summed E-state index contributed by atoms with van der Waals surface area (Å²) in [5, 5.41) is 0. The molecule has 1 saturated carbocycles. The van der Waals surface area contributed by atoms with Crippen LogP contribution in [0.1, 0.15) is 12.8 Å². The largest absolute Gasteiger partial charge is 0.493 e. The molecule has 0 heterocycles. The van der Waals surface area contributed by atoms with E-state index < -0.39 is 0 Å². The summed E-state index contributed by atoms with van der Waals surface area (Å²) in [6, 6.07) is 5.79. The van der Waals surface area contributed by atoms with Crippen LogP contribution in [0.4, 0.5) is 0 Å². The molecular weight excluding hydrogens is 288 g/mol. The molecule has 1 aromatic rings. The molecule has 0 unspecified atom stereocenters. The highest BCUT2D eigenvalue weighted by atomic mass is 79.9. The van der Waals surface area contributed by atoms with Gasteiger partial charge in [-0.1, -0.05) is 6.07 Å². The highest BCUT2D eigenvalue weighted by Crippen LogP contribution is 2.47. The van der Waals surface area contributed by atoms with Gasteiger partial charge in [-0.25, -0.2) is 0 Å². The molecule has 0 N–H and O–H groups in total. The van der Waals surface area contributed by atoms with Gasteiger partial charge >= 0.3 is 0 Å². The van der Waals surface area contributed by atoms with E-state index in [1.54, 1.807) is 7.11 Å². The average molecular weight is 303 g/mol. The van der Waals surface area contributed by atoms with Crippen LogP contribution < -0.4 is 9.47 Å². The van der Waals surface area contributed by atoms with Crippen molar-refractivity contribution in [1.82, 2.24) is 0 Å². The Labute approximate surface area is 110 Å². The Morgan fingerprint density at radius 1 is 1.44 bits per heavy atom. The number of ether oxygens (including phenoxy) is 2. The molecular formula is C12H15BrO2S. The molecule has 0 radical (unpaired) electrons. The molecule has 4 heteroatoms. The van der Waals surface area contributed by atoms with Gasteiger partial charge in [0.25, 0.3) is 0 Å². The molecule has 88 valence electrons. The first-order valence-corrected chi connectivity index (χ1v) is 6.69. The van der Waals surface area contributed by atoms with Crippen LogP contribution in [0.2, 0.25) is 0 Å². The summed E-state index contributed by atoms with van der Waals surface area (Å²) in [7, 11) is 1.65. The van der Waals surface area contributed by atoms with Crippen LogP contribution >= 0.6 is 28.6 Å². The first-order valence-electron chi connectivity index (χ1n) is 5.27. The van der Waals surface area contributed by atoms with Gasteiger partial charge in [0.15, 0.2) is 11.5 Å². The Hall–Kier alpha value is -0.350. The van der Waals surface area contributed by atoms with E-state index in [9.17, 15) is 0 Å². The maximum absolute atomic E-state index is 5.86. The molecule has 0 saturated heterocycles. The van der Waals surface area contributed by atoms with Gasteiger partial charge < -0.3 is 9.47 Å². The maximum Gasteiger partial charge on any atom is 0.175 e. The quantitative estimate of drug-likeness (QED) is 0.839. The van der Waals surface area contributed by atoms with Crippen LogP contribution in [-0.2, 0) is 0 Å². The zero-order chi connectivity index (χ0) is 11.6. The molecule has 2 nitrogen and oxygen atoms in total. The third kappa shape index (κ3) is 2.48. The van der Waals surface area contributed by atoms with Crippen LogP contribution in [0.15, 0.2) is 22.7 Å². The molecule has 1 fully saturated rings. The fourth-order valence-electron chi connectivity index (χ4n) is 1.54. The number of methoxy groups -OCH3 is 1. The molecule has 1 aromatic carbocycles. The van der Waals surface area contributed by atoms with Gasteiger partial charge in [-0.3, -0.25) is 0 Å². The Morgan fingerprint density at radius 3 is 2.75 bits per heavy atom. The molecule has 0 spiro atoms. The molecule has 0 aliphatic heterocycles. The van der Waals surface area contributed by atoms with Gasteiger partial charge in [0.2, 0.25) is 0 Å². The van der Waals surface area contributed by atoms with Crippen molar-refractivity contribution in [1.29, 1.82) is 0 Å². The van der Waals surface area contributed by atoms with Crippen LogP contribution in [0, 0.1) is 5.41 Å². The lowest BCUT2D eigenvalue weighted by molar-refractivity contribution is 0.237. The van der Waals surface area contributed by atoms with Gasteiger partial charge in [-0.2, -0.15) is 12.6 Å². The van der Waals surface area contributed by atoms with Crippen molar-refractivity contribution in [2.24, 2.45) is 5.41 Å². The van der Waals surface area contributed by atoms with Crippen molar-refractivity contribution in [2.45, 2.75) is 12.8 Å². The van der Waals surface area contributed by atoms with E-state index in [1.807, 2.05) is 18.2 Å². The van der Waals surface area contributed by atoms with Crippen molar-refractivity contribution >= 4 is 28.6 Å². The van der Waals surface area contributed by atoms with Crippen LogP contribution in [0.5, 0.6) is 11.5 Å². The highest BCUT2D eigenvalue weighted by molar-refractivity contribution is 9.10. The second kappa shape index (κ2) is 4.88. The van der Waals surface area contributed by atoms with E-state index in [0.29, 0.717) is 5.41 Å². The van der Waals surface area contributed by atoms with E-state index in [2.05, 4.69) is 28.6 Å². The number of halogens is 1. The zero-order valence-electron chi connectivity index (χ0n) is 9.20. The van der Waals surface area contributed by atoms with E-state index in [-0.39, 0.29) is 0 Å². The number of para-hydroxylation sites is 1. The summed E-state index contributed by atoms with van der Waals surface area (Å²) in [4.78, 5) is 0. The summed E-state index contributed by atoms with van der Waals surface area (Å²) >= 11 is 7.84. The molecule has 0 aromatic heterocycles. The van der Waals surface area contributed by atoms with Crippen molar-refractivity contribution in [2.75, 3.05) is 19.5 Å². The lowest BCUT2D eigenvalue weighted by Gasteiger charge is -2.16. The summed E-state index contributed by atoms with van der Waals surface area (Å²) < 4.78 is 12.1. The van der Waals surface area contributed by atoms with Crippen molar-refractivity contribution < 1.29 is 9.47 Å². The number of benzene rings is 1. The summed E-state index contributed by atoms with van der Waals surface area (Å²) in [6.45, 7) is 0.718. The molecule has 0 amide bonds. The fraction of sp³-hybridized carbons (Fsp3) is 0.500.